The van der Waals surface area contributed by atoms with Crippen LogP contribution in [-0.2, 0) is 17.8 Å². The normalized spacial score (nSPS) is 18.8. The molecule has 0 unspecified atom stereocenters. The molecule has 2 fully saturated rings. The van der Waals surface area contributed by atoms with E-state index in [-0.39, 0.29) is 6.61 Å². The number of piperazine rings is 1. The molecule has 2 saturated heterocycles. The second kappa shape index (κ2) is 10.5. The molecule has 5 rings (SSSR count). The third-order valence-corrected chi connectivity index (χ3v) is 7.52. The maximum Gasteiger partial charge on any atom is 0.175 e. The summed E-state index contributed by atoms with van der Waals surface area (Å²) >= 11 is 1.50. The van der Waals surface area contributed by atoms with E-state index in [0.717, 1.165) is 105 Å². The second-order valence-electron chi connectivity index (χ2n) is 8.96. The van der Waals surface area contributed by atoms with Gasteiger partial charge in [0.05, 0.1) is 25.8 Å². The molecule has 0 atom stereocenters. The predicted molar refractivity (Wildman–Crippen MR) is 130 cm³/mol. The van der Waals surface area contributed by atoms with Crippen LogP contribution in [0.5, 0.6) is 5.75 Å². The van der Waals surface area contributed by atoms with Crippen LogP contribution in [0.15, 0.2) is 24.4 Å². The second-order valence-corrected chi connectivity index (χ2v) is 9.80. The number of aliphatic hydroxyl groups is 1. The Balaban J connectivity index is 1.37. The van der Waals surface area contributed by atoms with Crippen LogP contribution in [-0.4, -0.2) is 88.5 Å². The first-order valence-electron chi connectivity index (χ1n) is 11.9. The Bertz CT molecular complexity index is 1050. The minimum absolute atomic E-state index is 0.229. The number of ether oxygens (including phenoxy) is 2. The van der Waals surface area contributed by atoms with E-state index in [1.807, 2.05) is 12.1 Å². The van der Waals surface area contributed by atoms with E-state index in [2.05, 4.69) is 26.6 Å². The summed E-state index contributed by atoms with van der Waals surface area (Å²) in [6.07, 6.45) is 4.39. The molecule has 1 aromatic carbocycles. The molecule has 2 aromatic heterocycles. The van der Waals surface area contributed by atoms with Gasteiger partial charge in [-0.2, -0.15) is 4.37 Å². The Kier molecular flexibility index (Phi) is 7.22. The van der Waals surface area contributed by atoms with Gasteiger partial charge in [0.15, 0.2) is 5.82 Å². The number of aromatic nitrogens is 3. The van der Waals surface area contributed by atoms with Crippen molar-refractivity contribution in [1.29, 1.82) is 0 Å². The van der Waals surface area contributed by atoms with Crippen molar-refractivity contribution in [2.75, 3.05) is 59.7 Å². The first-order valence-corrected chi connectivity index (χ1v) is 12.6. The van der Waals surface area contributed by atoms with E-state index >= 15 is 0 Å². The zero-order valence-corrected chi connectivity index (χ0v) is 20.1. The molecule has 9 heteroatoms. The highest BCUT2D eigenvalue weighted by molar-refractivity contribution is 7.05. The number of fused-ring (bicyclic) bond motifs is 1. The number of benzene rings is 1. The van der Waals surface area contributed by atoms with E-state index in [9.17, 15) is 0 Å². The van der Waals surface area contributed by atoms with Crippen LogP contribution in [0.2, 0.25) is 0 Å². The number of β-amino-alcohol motifs (C(OH)–C–C–N with tert-alkyl or cyclic N) is 1. The smallest absolute Gasteiger partial charge is 0.175 e. The average molecular weight is 472 g/mol. The average Bonchev–Trinajstić information content (AvgIpc) is 3.46. The molecule has 178 valence electrons. The number of rotatable bonds is 8. The minimum atomic E-state index is 0.229. The number of nitrogens with zero attached hydrogens (tertiary/aromatic N) is 5. The van der Waals surface area contributed by atoms with Gasteiger partial charge < -0.3 is 19.1 Å². The molecular weight excluding hydrogens is 438 g/mol. The molecular formula is C24H33N5O3S. The van der Waals surface area contributed by atoms with Gasteiger partial charge in [-0.25, -0.2) is 4.98 Å². The Morgan fingerprint density at radius 2 is 1.94 bits per heavy atom. The van der Waals surface area contributed by atoms with Crippen LogP contribution < -0.4 is 4.74 Å². The summed E-state index contributed by atoms with van der Waals surface area (Å²) in [6, 6.07) is 6.22. The lowest BCUT2D eigenvalue weighted by Crippen LogP contribution is -2.46. The van der Waals surface area contributed by atoms with Crippen molar-refractivity contribution in [3.63, 3.8) is 0 Å². The summed E-state index contributed by atoms with van der Waals surface area (Å²) in [5, 5.41) is 11.3. The number of para-hydroxylation sites is 1. The predicted octanol–water partition coefficient (Wildman–Crippen LogP) is 2.70. The monoisotopic (exact) mass is 471 g/mol. The Hall–Kier alpha value is -2.04. The molecule has 0 saturated carbocycles. The summed E-state index contributed by atoms with van der Waals surface area (Å²) in [5.74, 6) is 2.30. The van der Waals surface area contributed by atoms with Crippen LogP contribution in [0.4, 0.5) is 0 Å². The highest BCUT2D eigenvalue weighted by atomic mass is 32.1. The maximum absolute atomic E-state index is 9.15. The van der Waals surface area contributed by atoms with Crippen molar-refractivity contribution in [2.45, 2.75) is 25.9 Å². The topological polar surface area (TPSA) is 75.9 Å². The van der Waals surface area contributed by atoms with Gasteiger partial charge in [-0.15, -0.1) is 0 Å². The Morgan fingerprint density at radius 1 is 1.15 bits per heavy atom. The van der Waals surface area contributed by atoms with Crippen LogP contribution >= 0.6 is 11.5 Å². The fraction of sp³-hybridized carbons (Fsp3) is 0.583. The molecule has 0 amide bonds. The number of methoxy groups -OCH3 is 1. The van der Waals surface area contributed by atoms with Gasteiger partial charge in [0.25, 0.3) is 0 Å². The lowest BCUT2D eigenvalue weighted by molar-refractivity contribution is 0.0616. The first kappa shape index (κ1) is 22.7. The van der Waals surface area contributed by atoms with Crippen LogP contribution in [0.1, 0.15) is 17.8 Å². The van der Waals surface area contributed by atoms with Gasteiger partial charge in [0.2, 0.25) is 0 Å². The fourth-order valence-electron chi connectivity index (χ4n) is 4.95. The van der Waals surface area contributed by atoms with Crippen molar-refractivity contribution in [1.82, 2.24) is 23.7 Å². The zero-order valence-electron chi connectivity index (χ0n) is 19.3. The fourth-order valence-corrected chi connectivity index (χ4v) is 5.65. The summed E-state index contributed by atoms with van der Waals surface area (Å²) in [5.41, 5.74) is 2.20. The molecule has 2 aliphatic heterocycles. The summed E-state index contributed by atoms with van der Waals surface area (Å²) in [7, 11) is 1.74. The SMILES string of the molecule is COc1cccc2c(-c3nsc(CN4CCN(CCO)CC4)n3)cn(CC3CCOCC3)c12. The van der Waals surface area contributed by atoms with Crippen molar-refractivity contribution in [3.8, 4) is 17.1 Å². The Morgan fingerprint density at radius 3 is 2.70 bits per heavy atom. The van der Waals surface area contributed by atoms with Crippen molar-refractivity contribution >= 4 is 22.4 Å². The van der Waals surface area contributed by atoms with Crippen molar-refractivity contribution in [2.24, 2.45) is 5.92 Å². The highest BCUT2D eigenvalue weighted by Crippen LogP contribution is 2.36. The van der Waals surface area contributed by atoms with Crippen molar-refractivity contribution < 1.29 is 14.6 Å². The van der Waals surface area contributed by atoms with Crippen LogP contribution in [0.3, 0.4) is 0 Å². The van der Waals surface area contributed by atoms with Gasteiger partial charge in [0.1, 0.15) is 10.8 Å². The molecule has 0 aliphatic carbocycles. The quantitative estimate of drug-likeness (QED) is 0.541. The standard InChI is InChI=1S/C24H33N5O3S/c1-31-21-4-2-3-19-20(16-29(23(19)21)15-18-5-13-32-14-6-18)24-25-22(33-26-24)17-28-9-7-27(8-10-28)11-12-30/h2-4,16,18,30H,5-15,17H2,1H3. The number of hydrogen-bond donors (Lipinski definition) is 1. The highest BCUT2D eigenvalue weighted by Gasteiger charge is 2.22. The number of hydrogen-bond acceptors (Lipinski definition) is 8. The molecule has 8 nitrogen and oxygen atoms in total. The largest absolute Gasteiger partial charge is 0.495 e. The molecule has 1 N–H and O–H groups in total. The lowest BCUT2D eigenvalue weighted by atomic mass is 10.0. The minimum Gasteiger partial charge on any atom is -0.495 e. The van der Waals surface area contributed by atoms with E-state index in [1.54, 1.807) is 7.11 Å². The van der Waals surface area contributed by atoms with Crippen LogP contribution in [0, 0.1) is 5.92 Å². The molecule has 33 heavy (non-hydrogen) atoms. The van der Waals surface area contributed by atoms with E-state index < -0.39 is 0 Å². The Labute approximate surface area is 198 Å². The molecule has 2 aliphatic rings. The van der Waals surface area contributed by atoms with Gasteiger partial charge in [-0.3, -0.25) is 9.80 Å². The van der Waals surface area contributed by atoms with Crippen molar-refractivity contribution in [3.05, 3.63) is 29.4 Å². The lowest BCUT2D eigenvalue weighted by Gasteiger charge is -2.33. The molecule has 3 aromatic rings. The summed E-state index contributed by atoms with van der Waals surface area (Å²) < 4.78 is 18.4. The number of aliphatic hydroxyl groups excluding tert-OH is 1. The van der Waals surface area contributed by atoms with Crippen LogP contribution in [0.25, 0.3) is 22.3 Å². The maximum atomic E-state index is 9.15. The zero-order chi connectivity index (χ0) is 22.6. The van der Waals surface area contributed by atoms with Gasteiger partial charge in [-0.05, 0) is 36.4 Å². The van der Waals surface area contributed by atoms with Gasteiger partial charge >= 0.3 is 0 Å². The van der Waals surface area contributed by atoms with Gasteiger partial charge in [0, 0.05) is 69.6 Å². The summed E-state index contributed by atoms with van der Waals surface area (Å²) in [6.45, 7) is 8.44. The third kappa shape index (κ3) is 5.07. The van der Waals surface area contributed by atoms with Gasteiger partial charge in [-0.1, -0.05) is 12.1 Å². The molecule has 0 bridgehead atoms. The molecule has 0 spiro atoms. The third-order valence-electron chi connectivity index (χ3n) is 6.83. The first-order chi connectivity index (χ1) is 16.2. The van der Waals surface area contributed by atoms with E-state index in [4.69, 9.17) is 23.9 Å². The summed E-state index contributed by atoms with van der Waals surface area (Å²) in [4.78, 5) is 9.67. The molecule has 4 heterocycles. The van der Waals surface area contributed by atoms with E-state index in [1.165, 1.54) is 11.5 Å². The van der Waals surface area contributed by atoms with E-state index in [0.29, 0.717) is 5.92 Å². The molecule has 0 radical (unpaired) electrons.